The molecule has 0 aliphatic rings. The summed E-state index contributed by atoms with van der Waals surface area (Å²) in [6.45, 7) is 12.4. The van der Waals surface area contributed by atoms with Gasteiger partial charge in [0.25, 0.3) is 0 Å². The van der Waals surface area contributed by atoms with E-state index in [4.69, 9.17) is 0 Å². The van der Waals surface area contributed by atoms with Gasteiger partial charge in [0, 0.05) is 10.0 Å². The van der Waals surface area contributed by atoms with Crippen LogP contribution in [0.1, 0.15) is 46.6 Å². The van der Waals surface area contributed by atoms with E-state index in [0.717, 1.165) is 13.0 Å². The van der Waals surface area contributed by atoms with Gasteiger partial charge in [-0.3, -0.25) is 0 Å². The molecular weight excluding hydrogens is 286 g/mol. The molecule has 102 valence electrons. The van der Waals surface area contributed by atoms with Crippen molar-refractivity contribution in [3.8, 4) is 0 Å². The van der Waals surface area contributed by atoms with Gasteiger partial charge >= 0.3 is 0 Å². The third-order valence-electron chi connectivity index (χ3n) is 3.03. The van der Waals surface area contributed by atoms with Crippen molar-refractivity contribution in [2.45, 2.75) is 53.0 Å². The van der Waals surface area contributed by atoms with E-state index < -0.39 is 0 Å². The van der Waals surface area contributed by atoms with Crippen LogP contribution >= 0.6 is 15.9 Å². The molecule has 0 fully saturated rings. The molecule has 0 amide bonds. The van der Waals surface area contributed by atoms with E-state index in [-0.39, 0.29) is 5.54 Å². The Morgan fingerprint density at radius 3 is 2.33 bits per heavy atom. The van der Waals surface area contributed by atoms with E-state index in [1.165, 1.54) is 16.5 Å². The molecule has 0 aliphatic carbocycles. The maximum Gasteiger partial charge on any atom is 0.0177 e. The van der Waals surface area contributed by atoms with Crippen molar-refractivity contribution in [2.24, 2.45) is 5.41 Å². The summed E-state index contributed by atoms with van der Waals surface area (Å²) < 4.78 is 1.17. The van der Waals surface area contributed by atoms with Crippen molar-refractivity contribution < 1.29 is 0 Å². The van der Waals surface area contributed by atoms with Crippen molar-refractivity contribution in [3.05, 3.63) is 34.3 Å². The van der Waals surface area contributed by atoms with Crippen LogP contribution in [0.5, 0.6) is 0 Å². The summed E-state index contributed by atoms with van der Waals surface area (Å²) in [4.78, 5) is 0. The molecule has 1 nitrogen and oxygen atoms in total. The molecule has 0 bridgehead atoms. The normalized spacial score (nSPS) is 12.8. The molecule has 0 saturated heterocycles. The van der Waals surface area contributed by atoms with Gasteiger partial charge in [0.1, 0.15) is 0 Å². The lowest BCUT2D eigenvalue weighted by Crippen LogP contribution is -2.38. The third kappa shape index (κ3) is 6.55. The van der Waals surface area contributed by atoms with Crippen LogP contribution in [0.15, 0.2) is 28.7 Å². The van der Waals surface area contributed by atoms with Crippen molar-refractivity contribution in [3.63, 3.8) is 0 Å². The lowest BCUT2D eigenvalue weighted by Gasteiger charge is -2.28. The van der Waals surface area contributed by atoms with Gasteiger partial charge in [0.15, 0.2) is 0 Å². The minimum Gasteiger partial charge on any atom is -0.312 e. The molecule has 0 heterocycles. The van der Waals surface area contributed by atoms with E-state index in [0.29, 0.717) is 5.41 Å². The molecule has 2 heteroatoms. The number of nitrogens with one attached hydrogen (secondary N) is 1. The smallest absolute Gasteiger partial charge is 0.0177 e. The van der Waals surface area contributed by atoms with Gasteiger partial charge in [-0.05, 0) is 63.3 Å². The van der Waals surface area contributed by atoms with Crippen molar-refractivity contribution in [1.29, 1.82) is 0 Å². The molecule has 0 unspecified atom stereocenters. The van der Waals surface area contributed by atoms with Crippen LogP contribution in [-0.4, -0.2) is 12.1 Å². The molecule has 0 atom stereocenters. The molecule has 0 aromatic heterocycles. The highest BCUT2D eigenvalue weighted by atomic mass is 79.9. The Morgan fingerprint density at radius 1 is 1.11 bits per heavy atom. The molecule has 1 aromatic carbocycles. The lowest BCUT2D eigenvalue weighted by molar-refractivity contribution is 0.302. The highest BCUT2D eigenvalue weighted by Crippen LogP contribution is 2.26. The van der Waals surface area contributed by atoms with Crippen LogP contribution in [0.3, 0.4) is 0 Å². The van der Waals surface area contributed by atoms with E-state index in [1.54, 1.807) is 0 Å². The quantitative estimate of drug-likeness (QED) is 0.824. The second-order valence-electron chi connectivity index (χ2n) is 6.90. The summed E-state index contributed by atoms with van der Waals surface area (Å²) in [6, 6.07) is 8.63. The Morgan fingerprint density at radius 2 is 1.78 bits per heavy atom. The monoisotopic (exact) mass is 311 g/mol. The fourth-order valence-corrected chi connectivity index (χ4v) is 2.51. The first kappa shape index (κ1) is 15.7. The summed E-state index contributed by atoms with van der Waals surface area (Å²) in [5.41, 5.74) is 1.95. The summed E-state index contributed by atoms with van der Waals surface area (Å²) in [5.74, 6) is 0. The highest BCUT2D eigenvalue weighted by Gasteiger charge is 2.19. The topological polar surface area (TPSA) is 12.0 Å². The van der Waals surface area contributed by atoms with Gasteiger partial charge < -0.3 is 5.32 Å². The van der Waals surface area contributed by atoms with Crippen LogP contribution in [0.2, 0.25) is 0 Å². The average Bonchev–Trinajstić information content (AvgIpc) is 2.13. The molecule has 1 aromatic rings. The molecule has 0 saturated carbocycles. The number of hydrogen-bond donors (Lipinski definition) is 1. The van der Waals surface area contributed by atoms with E-state index >= 15 is 0 Å². The fraction of sp³-hybridized carbons (Fsp3) is 0.625. The highest BCUT2D eigenvalue weighted by molar-refractivity contribution is 9.10. The van der Waals surface area contributed by atoms with E-state index in [2.05, 4.69) is 80.1 Å². The van der Waals surface area contributed by atoms with Gasteiger partial charge in [-0.1, -0.05) is 41.9 Å². The van der Waals surface area contributed by atoms with Crippen molar-refractivity contribution in [2.75, 3.05) is 6.54 Å². The molecule has 0 aliphatic heterocycles. The Bertz CT molecular complexity index is 377. The Labute approximate surface area is 120 Å². The average molecular weight is 312 g/mol. The maximum absolute atomic E-state index is 3.57. The Balaban J connectivity index is 2.49. The van der Waals surface area contributed by atoms with Crippen LogP contribution in [0, 0.1) is 5.41 Å². The molecular formula is C16H26BrN. The second kappa shape index (κ2) is 6.21. The molecule has 0 radical (unpaired) electrons. The predicted molar refractivity (Wildman–Crippen MR) is 84.0 cm³/mol. The number of rotatable bonds is 5. The van der Waals surface area contributed by atoms with Crippen LogP contribution in [0.25, 0.3) is 0 Å². The first-order chi connectivity index (χ1) is 8.18. The van der Waals surface area contributed by atoms with Gasteiger partial charge in [-0.15, -0.1) is 0 Å². The summed E-state index contributed by atoms with van der Waals surface area (Å²) >= 11 is 3.54. The Hall–Kier alpha value is -0.340. The number of benzene rings is 1. The lowest BCUT2D eigenvalue weighted by atomic mass is 9.82. The fourth-order valence-electron chi connectivity index (χ4n) is 2.06. The standard InChI is InChI=1S/C16H26BrN/c1-15(2,3)18-10-9-16(4,5)12-13-7-6-8-14(17)11-13/h6-8,11,18H,9-10,12H2,1-5H3. The van der Waals surface area contributed by atoms with E-state index in [9.17, 15) is 0 Å². The first-order valence-electron chi connectivity index (χ1n) is 6.67. The molecule has 0 spiro atoms. The number of halogens is 1. The molecule has 1 N–H and O–H groups in total. The van der Waals surface area contributed by atoms with Crippen molar-refractivity contribution in [1.82, 2.24) is 5.32 Å². The van der Waals surface area contributed by atoms with Gasteiger partial charge in [0.05, 0.1) is 0 Å². The summed E-state index contributed by atoms with van der Waals surface area (Å²) in [5, 5.41) is 3.57. The van der Waals surface area contributed by atoms with Crippen LogP contribution in [0.4, 0.5) is 0 Å². The zero-order chi connectivity index (χ0) is 13.8. The SMILES string of the molecule is CC(C)(CCNC(C)(C)C)Cc1cccc(Br)c1. The zero-order valence-corrected chi connectivity index (χ0v) is 13.9. The number of hydrogen-bond acceptors (Lipinski definition) is 1. The minimum atomic E-state index is 0.214. The van der Waals surface area contributed by atoms with Gasteiger partial charge in [0.2, 0.25) is 0 Å². The summed E-state index contributed by atoms with van der Waals surface area (Å²) in [7, 11) is 0. The summed E-state index contributed by atoms with van der Waals surface area (Å²) in [6.07, 6.45) is 2.31. The van der Waals surface area contributed by atoms with E-state index in [1.807, 2.05) is 0 Å². The molecule has 18 heavy (non-hydrogen) atoms. The largest absolute Gasteiger partial charge is 0.312 e. The first-order valence-corrected chi connectivity index (χ1v) is 7.47. The van der Waals surface area contributed by atoms with Gasteiger partial charge in [-0.25, -0.2) is 0 Å². The minimum absolute atomic E-state index is 0.214. The Kier molecular flexibility index (Phi) is 5.42. The third-order valence-corrected chi connectivity index (χ3v) is 3.52. The maximum atomic E-state index is 3.57. The van der Waals surface area contributed by atoms with Crippen LogP contribution in [-0.2, 0) is 6.42 Å². The van der Waals surface area contributed by atoms with Gasteiger partial charge in [-0.2, -0.15) is 0 Å². The van der Waals surface area contributed by atoms with Crippen molar-refractivity contribution >= 4 is 15.9 Å². The predicted octanol–water partition coefficient (Wildman–Crippen LogP) is 4.80. The molecule has 1 rings (SSSR count). The van der Waals surface area contributed by atoms with Crippen LogP contribution < -0.4 is 5.32 Å². The second-order valence-corrected chi connectivity index (χ2v) is 7.81. The zero-order valence-electron chi connectivity index (χ0n) is 12.3.